The fourth-order valence-corrected chi connectivity index (χ4v) is 15.8. The fourth-order valence-electron chi connectivity index (χ4n) is 15.8. The molecule has 15 rings (SSSR count). The lowest BCUT2D eigenvalue weighted by atomic mass is 9.33. The second-order valence-electron chi connectivity index (χ2n) is 36.2. The van der Waals surface area contributed by atoms with Crippen LogP contribution in [0.5, 0.6) is 0 Å². The van der Waals surface area contributed by atoms with Crippen molar-refractivity contribution in [2.24, 2.45) is 5.41 Å². The molecule has 0 amide bonds. The summed E-state index contributed by atoms with van der Waals surface area (Å²) >= 11 is 0. The van der Waals surface area contributed by atoms with Crippen LogP contribution in [0.15, 0.2) is 218 Å². The number of hydrogen-bond donors (Lipinski definition) is 0. The Bertz CT molecular complexity index is 5070. The molecule has 100 heavy (non-hydrogen) atoms. The summed E-state index contributed by atoms with van der Waals surface area (Å²) < 4.78 is 26.5. The highest BCUT2D eigenvalue weighted by molar-refractivity contribution is 7.00. The summed E-state index contributed by atoms with van der Waals surface area (Å²) in [6.45, 7) is 47.9. The molecule has 4 heterocycles. The van der Waals surface area contributed by atoms with Gasteiger partial charge in [-0.05, 0) is 196 Å². The van der Waals surface area contributed by atoms with Crippen molar-refractivity contribution in [1.82, 2.24) is 9.13 Å². The molecule has 5 heteroatoms. The van der Waals surface area contributed by atoms with Crippen molar-refractivity contribution in [1.29, 1.82) is 0 Å². The average molecular weight is 1310 g/mol. The van der Waals surface area contributed by atoms with Crippen LogP contribution >= 0.6 is 0 Å². The van der Waals surface area contributed by atoms with Gasteiger partial charge in [0.2, 0.25) is 0 Å². The molecule has 0 saturated heterocycles. The number of benzene rings is 11. The van der Waals surface area contributed by atoms with Crippen molar-refractivity contribution in [2.75, 3.05) is 9.80 Å². The van der Waals surface area contributed by atoms with Gasteiger partial charge in [0, 0.05) is 69.5 Å². The molecule has 2 aromatic heterocycles. The van der Waals surface area contributed by atoms with Gasteiger partial charge in [-0.2, -0.15) is 0 Å². The summed E-state index contributed by atoms with van der Waals surface area (Å²) in [6, 6.07) is 83.7. The molecule has 0 spiro atoms. The van der Waals surface area contributed by atoms with Gasteiger partial charge in [-0.25, -0.2) is 0 Å². The molecule has 4 nitrogen and oxygen atoms in total. The smallest absolute Gasteiger partial charge is 0.252 e. The number of rotatable bonds is 7. The number of para-hydroxylation sites is 4. The van der Waals surface area contributed by atoms with Gasteiger partial charge >= 0.3 is 0 Å². The molecular weight excluding hydrogens is 1210 g/mol. The van der Waals surface area contributed by atoms with Gasteiger partial charge in [-0.1, -0.05) is 279 Å². The van der Waals surface area contributed by atoms with Gasteiger partial charge in [0.05, 0.1) is 33.4 Å². The topological polar surface area (TPSA) is 16.3 Å². The van der Waals surface area contributed by atoms with Crippen molar-refractivity contribution in [3.05, 3.63) is 257 Å². The Morgan fingerprint density at radius 1 is 0.290 bits per heavy atom. The predicted molar refractivity (Wildman–Crippen MR) is 435 cm³/mol. The Hall–Kier alpha value is -9.32. The highest BCUT2D eigenvalue weighted by Crippen LogP contribution is 2.53. The number of fused-ring (bicyclic) bond motifs is 10. The van der Waals surface area contributed by atoms with E-state index in [0.717, 1.165) is 95.3 Å². The highest BCUT2D eigenvalue weighted by Gasteiger charge is 2.46. The molecule has 2 aliphatic rings. The van der Waals surface area contributed by atoms with E-state index in [1.807, 2.05) is 0 Å². The van der Waals surface area contributed by atoms with Crippen LogP contribution in [-0.4, -0.2) is 15.8 Å². The van der Waals surface area contributed by atoms with E-state index in [9.17, 15) is 2.74 Å². The van der Waals surface area contributed by atoms with E-state index in [2.05, 4.69) is 383 Å². The normalized spacial score (nSPS) is 14.3. The van der Waals surface area contributed by atoms with E-state index >= 15 is 0 Å². The number of aromatic nitrogens is 2. The van der Waals surface area contributed by atoms with Crippen molar-refractivity contribution >= 4 is 101 Å². The zero-order valence-electron chi connectivity index (χ0n) is 65.2. The summed E-state index contributed by atoms with van der Waals surface area (Å²) in [4.78, 5) is 5.16. The molecule has 13 aromatic rings. The van der Waals surface area contributed by atoms with Gasteiger partial charge in [-0.15, -0.1) is 0 Å². The third kappa shape index (κ3) is 11.5. The predicted octanol–water partition coefficient (Wildman–Crippen LogP) is 24.7. The van der Waals surface area contributed by atoms with E-state index in [1.54, 1.807) is 0 Å². The van der Waals surface area contributed by atoms with Gasteiger partial charge in [0.1, 0.15) is 0 Å². The van der Waals surface area contributed by atoms with Gasteiger partial charge < -0.3 is 18.9 Å². The number of anilines is 6. The molecule has 11 aromatic carbocycles. The van der Waals surface area contributed by atoms with Crippen LogP contribution < -0.4 is 26.2 Å². The van der Waals surface area contributed by atoms with E-state index in [-0.39, 0.29) is 39.2 Å². The zero-order chi connectivity index (χ0) is 72.7. The second-order valence-corrected chi connectivity index (χ2v) is 36.2. The van der Waals surface area contributed by atoms with E-state index in [1.165, 1.54) is 65.9 Å². The van der Waals surface area contributed by atoms with Gasteiger partial charge in [0.25, 0.3) is 6.71 Å². The van der Waals surface area contributed by atoms with Crippen LogP contribution in [0.25, 0.3) is 77.2 Å². The molecule has 0 bridgehead atoms. The minimum absolute atomic E-state index is 0.156. The first-order chi connectivity index (χ1) is 47.8. The Kier molecular flexibility index (Phi) is 14.8. The lowest BCUT2D eigenvalue weighted by Crippen LogP contribution is -2.61. The molecule has 0 N–H and O–H groups in total. The van der Waals surface area contributed by atoms with Crippen molar-refractivity contribution in [3.8, 4) is 33.6 Å². The first-order valence-corrected chi connectivity index (χ1v) is 36.4. The average Bonchev–Trinajstić information content (AvgIpc) is 1.50. The molecule has 504 valence electrons. The Morgan fingerprint density at radius 3 is 0.900 bits per heavy atom. The lowest BCUT2D eigenvalue weighted by molar-refractivity contribution is 0.411. The van der Waals surface area contributed by atoms with Crippen LogP contribution in [0.4, 0.5) is 34.1 Å². The maximum Gasteiger partial charge on any atom is 0.252 e. The summed E-state index contributed by atoms with van der Waals surface area (Å²) in [5.41, 5.74) is 27.2. The Labute approximate surface area is 599 Å². The number of hydrogen-bond acceptors (Lipinski definition) is 2. The van der Waals surface area contributed by atoms with Crippen LogP contribution in [0, 0.1) is 5.41 Å². The van der Waals surface area contributed by atoms with E-state index in [4.69, 9.17) is 0 Å². The molecule has 0 unspecified atom stereocenters. The van der Waals surface area contributed by atoms with E-state index in [0.29, 0.717) is 5.56 Å². The minimum atomic E-state index is -1.84. The largest absolute Gasteiger partial charge is 0.311 e. The summed E-state index contributed by atoms with van der Waals surface area (Å²) in [5.74, 6) is 0. The highest BCUT2D eigenvalue weighted by atomic mass is 15.2. The van der Waals surface area contributed by atoms with Crippen LogP contribution in [-0.2, 0) is 38.9 Å². The standard InChI is InChI=1S/C95H101BN4/c1-89(2,3)58-59-46-86-88-87(47-59)100(83-45-39-63(91(7,8)9)55-75(83)61-50-66(94(16,17)18)53-67(51-61)95(19,20)21)85-57-69(98-80-36-28-24-32-72(80)73-33-25-29-37-81(73)98)41-43-77(85)96(88)76-42-40-68(97-78-34-26-22-30-70(78)71-31-23-27-35-79(71)97)56-84(76)99(86)82-44-38-62(90(4,5)6)54-74(82)60-48-64(92(10,11)12)52-65(49-60)93(13,14)15/h22-57H,58H2,1-21H3/i58D2. The molecule has 2 aliphatic heterocycles. The van der Waals surface area contributed by atoms with Crippen molar-refractivity contribution in [2.45, 2.75) is 184 Å². The molecule has 0 radical (unpaired) electrons. The maximum absolute atomic E-state index is 10.8. The minimum Gasteiger partial charge on any atom is -0.311 e. The van der Waals surface area contributed by atoms with Gasteiger partial charge in [-0.3, -0.25) is 0 Å². The second kappa shape index (κ2) is 23.1. The molecular formula is C95H101BN4. The lowest BCUT2D eigenvalue weighted by Gasteiger charge is -2.45. The van der Waals surface area contributed by atoms with Gasteiger partial charge in [0.15, 0.2) is 0 Å². The third-order valence-corrected chi connectivity index (χ3v) is 21.4. The Balaban J connectivity index is 1.14. The first kappa shape index (κ1) is 64.1. The maximum atomic E-state index is 10.8. The molecule has 0 atom stereocenters. The van der Waals surface area contributed by atoms with E-state index < -0.39 is 11.8 Å². The van der Waals surface area contributed by atoms with Crippen LogP contribution in [0.1, 0.15) is 187 Å². The Morgan fingerprint density at radius 2 is 0.600 bits per heavy atom. The molecule has 0 saturated carbocycles. The monoisotopic (exact) mass is 1310 g/mol. The fraction of sp³-hybridized carbons (Fsp3) is 0.305. The summed E-state index contributed by atoms with van der Waals surface area (Å²) in [5, 5.41) is 4.82. The summed E-state index contributed by atoms with van der Waals surface area (Å²) in [7, 11) is 0. The SMILES string of the molecule is [2H]C([2H])(c1cc2c3c(c1)N(c1ccc(C(C)(C)C)cc1-c1cc(C(C)(C)C)cc(C(C)(C)C)c1)c1cc(-n4c5ccccc5c5ccccc54)ccc1B3c1ccc(-n3c4ccccc4c4ccccc43)cc1N2c1ccc(C(C)(C)C)cc1-c1cc(C(C)(C)C)cc(C(C)(C)C)c1)C(C)(C)C. The van der Waals surface area contributed by atoms with Crippen molar-refractivity contribution in [3.63, 3.8) is 0 Å². The zero-order valence-corrected chi connectivity index (χ0v) is 63.2. The van der Waals surface area contributed by atoms with Crippen LogP contribution in [0.2, 0.25) is 0 Å². The third-order valence-electron chi connectivity index (χ3n) is 21.4. The van der Waals surface area contributed by atoms with Crippen molar-refractivity contribution < 1.29 is 2.74 Å². The quantitative estimate of drug-likeness (QED) is 0.148. The molecule has 0 fully saturated rings. The molecule has 0 aliphatic carbocycles. The number of nitrogens with zero attached hydrogens (tertiary/aromatic N) is 4. The first-order valence-electron chi connectivity index (χ1n) is 37.4. The summed E-state index contributed by atoms with van der Waals surface area (Å²) in [6.07, 6.45) is -1.84. The van der Waals surface area contributed by atoms with Crippen LogP contribution in [0.3, 0.4) is 0 Å².